The van der Waals surface area contributed by atoms with E-state index in [0.29, 0.717) is 16.3 Å². The number of halogens is 1. The number of carboxylic acid groups (broad SMARTS) is 1. The van der Waals surface area contributed by atoms with Crippen LogP contribution >= 0.6 is 23.4 Å². The highest BCUT2D eigenvalue weighted by Gasteiger charge is 2.39. The van der Waals surface area contributed by atoms with E-state index in [4.69, 9.17) is 11.6 Å². The molecule has 142 valence electrons. The molecule has 0 aromatic heterocycles. The Morgan fingerprint density at radius 2 is 1.67 bits per heavy atom. The highest BCUT2D eigenvalue weighted by molar-refractivity contribution is 7.99. The summed E-state index contributed by atoms with van der Waals surface area (Å²) in [7, 11) is 0. The number of benzene rings is 2. The molecule has 0 bridgehead atoms. The Morgan fingerprint density at radius 1 is 1.07 bits per heavy atom. The van der Waals surface area contributed by atoms with Crippen LogP contribution in [0.1, 0.15) is 47.6 Å². The van der Waals surface area contributed by atoms with Crippen LogP contribution in [0.4, 0.5) is 0 Å². The van der Waals surface area contributed by atoms with E-state index < -0.39 is 12.0 Å². The highest BCUT2D eigenvalue weighted by Crippen LogP contribution is 2.42. The van der Waals surface area contributed by atoms with Gasteiger partial charge in [-0.15, -0.1) is 11.8 Å². The zero-order valence-corrected chi connectivity index (χ0v) is 17.0. The fraction of sp³-hybridized carbons (Fsp3) is 0.333. The third kappa shape index (κ3) is 4.14. The Labute approximate surface area is 168 Å². The van der Waals surface area contributed by atoms with Crippen LogP contribution in [0.2, 0.25) is 5.02 Å². The van der Waals surface area contributed by atoms with Crippen LogP contribution in [-0.4, -0.2) is 28.6 Å². The average Bonchev–Trinajstić information content (AvgIpc) is 3.06. The van der Waals surface area contributed by atoms with Gasteiger partial charge in [0.2, 0.25) is 0 Å². The number of aliphatic carboxylic acids is 1. The van der Waals surface area contributed by atoms with Crippen LogP contribution < -0.4 is 5.11 Å². The van der Waals surface area contributed by atoms with E-state index in [0.717, 1.165) is 5.56 Å². The Hall–Kier alpha value is -1.98. The number of hydrogen-bond acceptors (Lipinski definition) is 4. The molecule has 2 aromatic carbocycles. The van der Waals surface area contributed by atoms with E-state index in [1.54, 1.807) is 24.3 Å². The van der Waals surface area contributed by atoms with Gasteiger partial charge in [-0.05, 0) is 40.8 Å². The molecule has 1 aliphatic rings. The molecular formula is C21H21ClNO3S-. The SMILES string of the molecule is CC(C)(C)c1ccc([C@@H]2SC[C@@H](C(=O)[O-])N2C(=O)c2ccc(Cl)cc2)cc1. The Balaban J connectivity index is 1.95. The van der Waals surface area contributed by atoms with Gasteiger partial charge >= 0.3 is 0 Å². The smallest absolute Gasteiger partial charge is 0.255 e. The molecule has 1 saturated heterocycles. The summed E-state index contributed by atoms with van der Waals surface area (Å²) in [6.07, 6.45) is 0. The lowest BCUT2D eigenvalue weighted by Gasteiger charge is -2.30. The molecule has 2 aromatic rings. The summed E-state index contributed by atoms with van der Waals surface area (Å²) in [5.74, 6) is -1.28. The number of carbonyl (C=O) groups is 2. The van der Waals surface area contributed by atoms with Crippen molar-refractivity contribution in [3.63, 3.8) is 0 Å². The van der Waals surface area contributed by atoms with Gasteiger partial charge < -0.3 is 14.8 Å². The maximum absolute atomic E-state index is 13.1. The van der Waals surface area contributed by atoms with E-state index in [9.17, 15) is 14.7 Å². The first kappa shape index (κ1) is 19.8. The lowest BCUT2D eigenvalue weighted by atomic mass is 9.86. The summed E-state index contributed by atoms with van der Waals surface area (Å²) in [5.41, 5.74) is 2.51. The normalized spacial score (nSPS) is 19.9. The van der Waals surface area contributed by atoms with Crippen molar-refractivity contribution >= 4 is 35.2 Å². The van der Waals surface area contributed by atoms with Gasteiger partial charge in [0.15, 0.2) is 0 Å². The summed E-state index contributed by atoms with van der Waals surface area (Å²) in [4.78, 5) is 26.1. The maximum atomic E-state index is 13.1. The minimum Gasteiger partial charge on any atom is -0.548 e. The van der Waals surface area contributed by atoms with E-state index in [1.807, 2.05) is 24.3 Å². The summed E-state index contributed by atoms with van der Waals surface area (Å²) in [6, 6.07) is 13.5. The monoisotopic (exact) mass is 402 g/mol. The van der Waals surface area contributed by atoms with Crippen molar-refractivity contribution in [3.05, 3.63) is 70.2 Å². The number of carboxylic acids is 1. The molecule has 2 atom stereocenters. The first-order chi connectivity index (χ1) is 12.7. The Morgan fingerprint density at radius 3 is 2.19 bits per heavy atom. The van der Waals surface area contributed by atoms with E-state index in [2.05, 4.69) is 20.8 Å². The number of thioether (sulfide) groups is 1. The van der Waals surface area contributed by atoms with Gasteiger partial charge in [-0.3, -0.25) is 4.79 Å². The average molecular weight is 403 g/mol. The molecular weight excluding hydrogens is 382 g/mol. The number of carbonyl (C=O) groups excluding carboxylic acids is 2. The van der Waals surface area contributed by atoms with E-state index in [-0.39, 0.29) is 16.7 Å². The molecule has 0 N–H and O–H groups in total. The van der Waals surface area contributed by atoms with Crippen molar-refractivity contribution in [3.8, 4) is 0 Å². The van der Waals surface area contributed by atoms with Crippen molar-refractivity contribution in [2.75, 3.05) is 5.75 Å². The Bertz CT molecular complexity index is 843. The largest absolute Gasteiger partial charge is 0.548 e. The molecule has 0 spiro atoms. The Kier molecular flexibility index (Phi) is 5.54. The topological polar surface area (TPSA) is 60.4 Å². The van der Waals surface area contributed by atoms with Crippen molar-refractivity contribution in [1.29, 1.82) is 0 Å². The van der Waals surface area contributed by atoms with Crippen molar-refractivity contribution < 1.29 is 14.7 Å². The second-order valence-electron chi connectivity index (χ2n) is 7.61. The van der Waals surface area contributed by atoms with Crippen LogP contribution in [0.15, 0.2) is 48.5 Å². The second-order valence-corrected chi connectivity index (χ2v) is 9.16. The molecule has 0 saturated carbocycles. The first-order valence-electron chi connectivity index (χ1n) is 8.69. The molecule has 0 aliphatic carbocycles. The van der Waals surface area contributed by atoms with Crippen molar-refractivity contribution in [2.45, 2.75) is 37.6 Å². The zero-order chi connectivity index (χ0) is 19.8. The minimum absolute atomic E-state index is 0.0215. The standard InChI is InChI=1S/C21H22ClNO3S/c1-21(2,3)15-8-4-14(5-9-15)19-23(17(12-27-19)20(25)26)18(24)13-6-10-16(22)11-7-13/h4-11,17,19H,12H2,1-3H3,(H,25,26)/p-1/t17-,19-/m0/s1. The van der Waals surface area contributed by atoms with Gasteiger partial charge in [0.05, 0.1) is 12.0 Å². The molecule has 1 amide bonds. The fourth-order valence-electron chi connectivity index (χ4n) is 3.08. The fourth-order valence-corrected chi connectivity index (χ4v) is 4.62. The van der Waals surface area contributed by atoms with Gasteiger partial charge in [0.1, 0.15) is 5.37 Å². The molecule has 4 nitrogen and oxygen atoms in total. The highest BCUT2D eigenvalue weighted by atomic mass is 35.5. The van der Waals surface area contributed by atoms with Crippen molar-refractivity contribution in [1.82, 2.24) is 4.90 Å². The number of amides is 1. The predicted octanol–water partition coefficient (Wildman–Crippen LogP) is 3.64. The van der Waals surface area contributed by atoms with Crippen LogP contribution in [0, 0.1) is 0 Å². The molecule has 0 unspecified atom stereocenters. The molecule has 27 heavy (non-hydrogen) atoms. The number of hydrogen-bond donors (Lipinski definition) is 0. The number of nitrogens with zero attached hydrogens (tertiary/aromatic N) is 1. The maximum Gasteiger partial charge on any atom is 0.255 e. The van der Waals surface area contributed by atoms with Gasteiger partial charge in [-0.1, -0.05) is 56.6 Å². The molecule has 0 radical (unpaired) electrons. The van der Waals surface area contributed by atoms with Gasteiger partial charge in [-0.25, -0.2) is 0 Å². The molecule has 1 heterocycles. The zero-order valence-electron chi connectivity index (χ0n) is 15.4. The quantitative estimate of drug-likeness (QED) is 0.786. The lowest BCUT2D eigenvalue weighted by molar-refractivity contribution is -0.310. The van der Waals surface area contributed by atoms with Crippen LogP contribution in [0.3, 0.4) is 0 Å². The summed E-state index contributed by atoms with van der Waals surface area (Å²) in [6.45, 7) is 6.40. The van der Waals surface area contributed by atoms with Gasteiger partial charge in [0, 0.05) is 16.3 Å². The van der Waals surface area contributed by atoms with Gasteiger partial charge in [0.25, 0.3) is 5.91 Å². The second kappa shape index (κ2) is 7.56. The summed E-state index contributed by atoms with van der Waals surface area (Å²) >= 11 is 7.34. The molecule has 3 rings (SSSR count). The number of rotatable bonds is 3. The van der Waals surface area contributed by atoms with E-state index >= 15 is 0 Å². The summed E-state index contributed by atoms with van der Waals surface area (Å²) < 4.78 is 0. The van der Waals surface area contributed by atoms with Crippen molar-refractivity contribution in [2.24, 2.45) is 0 Å². The van der Waals surface area contributed by atoms with E-state index in [1.165, 1.54) is 22.2 Å². The lowest BCUT2D eigenvalue weighted by Crippen LogP contribution is -2.49. The van der Waals surface area contributed by atoms with Crippen LogP contribution in [0.5, 0.6) is 0 Å². The molecule has 6 heteroatoms. The predicted molar refractivity (Wildman–Crippen MR) is 107 cm³/mol. The van der Waals surface area contributed by atoms with Crippen LogP contribution in [-0.2, 0) is 10.2 Å². The summed E-state index contributed by atoms with van der Waals surface area (Å²) in [5, 5.41) is 11.8. The first-order valence-corrected chi connectivity index (χ1v) is 10.1. The molecule has 1 aliphatic heterocycles. The molecule has 1 fully saturated rings. The van der Waals surface area contributed by atoms with Crippen LogP contribution in [0.25, 0.3) is 0 Å². The third-order valence-electron chi connectivity index (χ3n) is 4.66. The third-order valence-corrected chi connectivity index (χ3v) is 6.24. The minimum atomic E-state index is -1.24. The van der Waals surface area contributed by atoms with Gasteiger partial charge in [-0.2, -0.15) is 0 Å².